The lowest BCUT2D eigenvalue weighted by Gasteiger charge is -2.29. The predicted molar refractivity (Wildman–Crippen MR) is 78.2 cm³/mol. The molecule has 0 saturated carbocycles. The van der Waals surface area contributed by atoms with Gasteiger partial charge in [0.25, 0.3) is 5.91 Å². The van der Waals surface area contributed by atoms with E-state index in [4.69, 9.17) is 5.73 Å². The van der Waals surface area contributed by atoms with Crippen molar-refractivity contribution >= 4 is 11.7 Å². The number of aromatic nitrogens is 1. The Morgan fingerprint density at radius 1 is 1.47 bits per heavy atom. The van der Waals surface area contributed by atoms with Crippen molar-refractivity contribution in [2.75, 3.05) is 26.0 Å². The minimum absolute atomic E-state index is 0.0424. The summed E-state index contributed by atoms with van der Waals surface area (Å²) in [4.78, 5) is 17.6. The Balaban J connectivity index is 2.79. The SMILES string of the molecule is CCC(C)(CCN)Nc1ccc(C(=O)N(C)C)cn1. The van der Waals surface area contributed by atoms with Gasteiger partial charge < -0.3 is 16.0 Å². The maximum Gasteiger partial charge on any atom is 0.254 e. The van der Waals surface area contributed by atoms with Crippen molar-refractivity contribution < 1.29 is 4.79 Å². The molecule has 0 aromatic carbocycles. The Bertz CT molecular complexity index is 416. The number of carbonyl (C=O) groups is 1. The Hall–Kier alpha value is -1.62. The van der Waals surface area contributed by atoms with Crippen molar-refractivity contribution in [3.8, 4) is 0 Å². The zero-order valence-electron chi connectivity index (χ0n) is 12.2. The average Bonchev–Trinajstić information content (AvgIpc) is 2.39. The summed E-state index contributed by atoms with van der Waals surface area (Å²) < 4.78 is 0. The summed E-state index contributed by atoms with van der Waals surface area (Å²) in [5.74, 6) is 0.729. The van der Waals surface area contributed by atoms with Crippen LogP contribution in [0, 0.1) is 0 Å². The second-order valence-corrected chi connectivity index (χ2v) is 5.21. The monoisotopic (exact) mass is 264 g/mol. The van der Waals surface area contributed by atoms with Crippen LogP contribution in [0.4, 0.5) is 5.82 Å². The number of nitrogens with two attached hydrogens (primary N) is 1. The van der Waals surface area contributed by atoms with E-state index >= 15 is 0 Å². The number of amides is 1. The van der Waals surface area contributed by atoms with Crippen LogP contribution in [0.5, 0.6) is 0 Å². The van der Waals surface area contributed by atoms with E-state index in [1.807, 2.05) is 6.07 Å². The van der Waals surface area contributed by atoms with Gasteiger partial charge in [-0.3, -0.25) is 4.79 Å². The molecular weight excluding hydrogens is 240 g/mol. The van der Waals surface area contributed by atoms with Crippen LogP contribution in [0.2, 0.25) is 0 Å². The molecule has 1 aromatic rings. The molecule has 1 aromatic heterocycles. The highest BCUT2D eigenvalue weighted by molar-refractivity contribution is 5.93. The Kier molecular flexibility index (Phi) is 5.30. The van der Waals surface area contributed by atoms with E-state index in [0.717, 1.165) is 18.7 Å². The van der Waals surface area contributed by atoms with Crippen LogP contribution in [-0.4, -0.2) is 42.0 Å². The molecule has 0 aliphatic rings. The van der Waals surface area contributed by atoms with Crippen LogP contribution in [0.1, 0.15) is 37.0 Å². The molecule has 1 heterocycles. The van der Waals surface area contributed by atoms with Crippen molar-refractivity contribution in [2.45, 2.75) is 32.2 Å². The van der Waals surface area contributed by atoms with Crippen LogP contribution in [0.3, 0.4) is 0 Å². The summed E-state index contributed by atoms with van der Waals surface area (Å²) in [5, 5.41) is 3.39. The van der Waals surface area contributed by atoms with Crippen LogP contribution < -0.4 is 11.1 Å². The zero-order chi connectivity index (χ0) is 14.5. The van der Waals surface area contributed by atoms with E-state index in [9.17, 15) is 4.79 Å². The summed E-state index contributed by atoms with van der Waals surface area (Å²) in [6, 6.07) is 3.62. The molecule has 0 aliphatic heterocycles. The third-order valence-corrected chi connectivity index (χ3v) is 3.32. The van der Waals surface area contributed by atoms with Crippen molar-refractivity contribution in [3.05, 3.63) is 23.9 Å². The largest absolute Gasteiger partial charge is 0.365 e. The number of pyridine rings is 1. The van der Waals surface area contributed by atoms with Gasteiger partial charge in [-0.15, -0.1) is 0 Å². The fourth-order valence-corrected chi connectivity index (χ4v) is 1.81. The van der Waals surface area contributed by atoms with Gasteiger partial charge in [0.05, 0.1) is 5.56 Å². The van der Waals surface area contributed by atoms with Crippen molar-refractivity contribution in [2.24, 2.45) is 5.73 Å². The molecule has 5 heteroatoms. The molecule has 1 amide bonds. The number of hydrogen-bond acceptors (Lipinski definition) is 4. The molecular formula is C14H24N4O. The number of rotatable bonds is 6. The molecule has 1 atom stereocenters. The van der Waals surface area contributed by atoms with Gasteiger partial charge in [-0.2, -0.15) is 0 Å². The summed E-state index contributed by atoms with van der Waals surface area (Å²) in [6.45, 7) is 4.88. The van der Waals surface area contributed by atoms with Crippen molar-refractivity contribution in [1.82, 2.24) is 9.88 Å². The topological polar surface area (TPSA) is 71.2 Å². The summed E-state index contributed by atoms with van der Waals surface area (Å²) in [5.41, 5.74) is 6.16. The van der Waals surface area contributed by atoms with Gasteiger partial charge >= 0.3 is 0 Å². The van der Waals surface area contributed by atoms with Crippen LogP contribution in [-0.2, 0) is 0 Å². The normalized spacial score (nSPS) is 13.7. The van der Waals surface area contributed by atoms with Gasteiger partial charge in [0.15, 0.2) is 0 Å². The molecule has 1 rings (SSSR count). The van der Waals surface area contributed by atoms with Gasteiger partial charge in [0, 0.05) is 25.8 Å². The molecule has 19 heavy (non-hydrogen) atoms. The first-order valence-electron chi connectivity index (χ1n) is 6.58. The fraction of sp³-hybridized carbons (Fsp3) is 0.571. The minimum atomic E-state index is -0.0607. The van der Waals surface area contributed by atoms with Crippen molar-refractivity contribution in [3.63, 3.8) is 0 Å². The highest BCUT2D eigenvalue weighted by Crippen LogP contribution is 2.20. The van der Waals surface area contributed by atoms with Crippen LogP contribution >= 0.6 is 0 Å². The quantitative estimate of drug-likeness (QED) is 0.820. The first kappa shape index (κ1) is 15.4. The highest BCUT2D eigenvalue weighted by Gasteiger charge is 2.21. The Morgan fingerprint density at radius 2 is 2.16 bits per heavy atom. The summed E-state index contributed by atoms with van der Waals surface area (Å²) in [6.07, 6.45) is 3.44. The molecule has 5 nitrogen and oxygen atoms in total. The predicted octanol–water partition coefficient (Wildman–Crippen LogP) is 1.71. The molecule has 0 spiro atoms. The number of nitrogens with one attached hydrogen (secondary N) is 1. The first-order valence-corrected chi connectivity index (χ1v) is 6.58. The average molecular weight is 264 g/mol. The van der Waals surface area contributed by atoms with Gasteiger partial charge in [0.1, 0.15) is 5.82 Å². The van der Waals surface area contributed by atoms with Gasteiger partial charge in [-0.25, -0.2) is 4.98 Å². The van der Waals surface area contributed by atoms with E-state index in [1.165, 1.54) is 4.90 Å². The van der Waals surface area contributed by atoms with Crippen molar-refractivity contribution in [1.29, 1.82) is 0 Å². The second kappa shape index (κ2) is 6.52. The lowest BCUT2D eigenvalue weighted by Crippen LogP contribution is -2.36. The van der Waals surface area contributed by atoms with E-state index in [2.05, 4.69) is 24.1 Å². The summed E-state index contributed by atoms with van der Waals surface area (Å²) >= 11 is 0. The number of nitrogens with zero attached hydrogens (tertiary/aromatic N) is 2. The smallest absolute Gasteiger partial charge is 0.254 e. The van der Waals surface area contributed by atoms with E-state index in [-0.39, 0.29) is 11.4 Å². The molecule has 0 radical (unpaired) electrons. The molecule has 0 bridgehead atoms. The van der Waals surface area contributed by atoms with Gasteiger partial charge in [0.2, 0.25) is 0 Å². The lowest BCUT2D eigenvalue weighted by molar-refractivity contribution is 0.0827. The molecule has 0 saturated heterocycles. The minimum Gasteiger partial charge on any atom is -0.365 e. The maximum absolute atomic E-state index is 11.7. The van der Waals surface area contributed by atoms with Crippen LogP contribution in [0.25, 0.3) is 0 Å². The maximum atomic E-state index is 11.7. The molecule has 3 N–H and O–H groups in total. The van der Waals surface area contributed by atoms with Crippen LogP contribution in [0.15, 0.2) is 18.3 Å². The molecule has 0 fully saturated rings. The number of anilines is 1. The molecule has 1 unspecified atom stereocenters. The third-order valence-electron chi connectivity index (χ3n) is 3.32. The Morgan fingerprint density at radius 3 is 2.58 bits per heavy atom. The highest BCUT2D eigenvalue weighted by atomic mass is 16.2. The Labute approximate surface area is 115 Å². The third kappa shape index (κ3) is 4.21. The van der Waals surface area contributed by atoms with E-state index in [1.54, 1.807) is 26.4 Å². The fourth-order valence-electron chi connectivity index (χ4n) is 1.81. The standard InChI is InChI=1S/C14H24N4O/c1-5-14(2,8-9-15)17-12-7-6-11(10-16-12)13(19)18(3)4/h6-7,10H,5,8-9,15H2,1-4H3,(H,16,17). The van der Waals surface area contributed by atoms with Gasteiger partial charge in [-0.1, -0.05) is 6.92 Å². The first-order chi connectivity index (χ1) is 8.91. The zero-order valence-corrected chi connectivity index (χ0v) is 12.2. The van der Waals surface area contributed by atoms with E-state index in [0.29, 0.717) is 12.1 Å². The summed E-state index contributed by atoms with van der Waals surface area (Å²) in [7, 11) is 3.45. The molecule has 0 aliphatic carbocycles. The van der Waals surface area contributed by atoms with Gasteiger partial charge in [-0.05, 0) is 38.4 Å². The number of carbonyl (C=O) groups excluding carboxylic acids is 1. The van der Waals surface area contributed by atoms with E-state index < -0.39 is 0 Å². The second-order valence-electron chi connectivity index (χ2n) is 5.21. The lowest BCUT2D eigenvalue weighted by atomic mass is 9.94. The number of hydrogen-bond donors (Lipinski definition) is 2. The molecule has 106 valence electrons.